The SMILES string of the molecule is c1cc(-c2cccc(-c3c4ccccc4cc4ccccc34)n2)nc(-c2cccc(-n3c4ccccc4c4ncccc43)n2)c1. The average Bonchev–Trinajstić information content (AvgIpc) is 3.45. The highest BCUT2D eigenvalue weighted by Gasteiger charge is 2.16. The van der Waals surface area contributed by atoms with Gasteiger partial charge in [-0.15, -0.1) is 0 Å². The minimum atomic E-state index is 0.788. The number of pyridine rings is 4. The minimum Gasteiger partial charge on any atom is -0.292 e. The van der Waals surface area contributed by atoms with E-state index >= 15 is 0 Å². The molecular formula is C40H25N5. The number of aromatic nitrogens is 5. The highest BCUT2D eigenvalue weighted by molar-refractivity contribution is 6.12. The van der Waals surface area contributed by atoms with Gasteiger partial charge in [-0.2, -0.15) is 0 Å². The summed E-state index contributed by atoms with van der Waals surface area (Å²) in [5.41, 5.74) is 8.31. The molecule has 5 heterocycles. The highest BCUT2D eigenvalue weighted by atomic mass is 15.1. The lowest BCUT2D eigenvalue weighted by Crippen LogP contribution is -1.99. The van der Waals surface area contributed by atoms with Crippen LogP contribution in [0.1, 0.15) is 0 Å². The largest absolute Gasteiger partial charge is 0.292 e. The van der Waals surface area contributed by atoms with E-state index in [1.807, 2.05) is 60.8 Å². The van der Waals surface area contributed by atoms with E-state index < -0.39 is 0 Å². The Hall–Kier alpha value is -6.20. The average molecular weight is 576 g/mol. The van der Waals surface area contributed by atoms with E-state index in [-0.39, 0.29) is 0 Å². The maximum Gasteiger partial charge on any atom is 0.138 e. The first kappa shape index (κ1) is 25.3. The molecule has 0 saturated carbocycles. The van der Waals surface area contributed by atoms with Crippen molar-refractivity contribution in [3.63, 3.8) is 0 Å². The van der Waals surface area contributed by atoms with Crippen molar-refractivity contribution < 1.29 is 0 Å². The zero-order valence-electron chi connectivity index (χ0n) is 24.2. The van der Waals surface area contributed by atoms with E-state index in [0.29, 0.717) is 0 Å². The van der Waals surface area contributed by atoms with Crippen LogP contribution in [0.15, 0.2) is 152 Å². The van der Waals surface area contributed by atoms with Crippen LogP contribution >= 0.6 is 0 Å². The topological polar surface area (TPSA) is 56.5 Å². The van der Waals surface area contributed by atoms with Crippen molar-refractivity contribution in [1.29, 1.82) is 0 Å². The van der Waals surface area contributed by atoms with E-state index in [4.69, 9.17) is 15.0 Å². The van der Waals surface area contributed by atoms with Crippen molar-refractivity contribution in [2.24, 2.45) is 0 Å². The van der Waals surface area contributed by atoms with Crippen LogP contribution in [0.5, 0.6) is 0 Å². The lowest BCUT2D eigenvalue weighted by atomic mass is 9.94. The molecule has 5 nitrogen and oxygen atoms in total. The Kier molecular flexibility index (Phi) is 5.74. The zero-order chi connectivity index (χ0) is 29.7. The summed E-state index contributed by atoms with van der Waals surface area (Å²) in [5.74, 6) is 0.821. The highest BCUT2D eigenvalue weighted by Crippen LogP contribution is 2.36. The van der Waals surface area contributed by atoms with Crippen LogP contribution in [0.3, 0.4) is 0 Å². The molecule has 45 heavy (non-hydrogen) atoms. The Morgan fingerprint density at radius 1 is 0.400 bits per heavy atom. The summed E-state index contributed by atoms with van der Waals surface area (Å²) in [6.07, 6.45) is 1.84. The summed E-state index contributed by atoms with van der Waals surface area (Å²) in [5, 5.41) is 5.87. The first-order valence-electron chi connectivity index (χ1n) is 15.0. The Balaban J connectivity index is 1.16. The van der Waals surface area contributed by atoms with Gasteiger partial charge in [0.1, 0.15) is 5.82 Å². The molecule has 4 aromatic carbocycles. The van der Waals surface area contributed by atoms with Gasteiger partial charge in [0, 0.05) is 17.1 Å². The maximum absolute atomic E-state index is 5.18. The van der Waals surface area contributed by atoms with Gasteiger partial charge in [0.2, 0.25) is 0 Å². The summed E-state index contributed by atoms with van der Waals surface area (Å²) in [6, 6.07) is 50.0. The lowest BCUT2D eigenvalue weighted by Gasteiger charge is -2.13. The van der Waals surface area contributed by atoms with Crippen LogP contribution in [-0.2, 0) is 0 Å². The fraction of sp³-hybridized carbons (Fsp3) is 0. The monoisotopic (exact) mass is 575 g/mol. The first-order valence-corrected chi connectivity index (χ1v) is 15.0. The molecule has 9 rings (SSSR count). The van der Waals surface area contributed by atoms with Crippen LogP contribution < -0.4 is 0 Å². The van der Waals surface area contributed by atoms with E-state index in [0.717, 1.165) is 61.8 Å². The summed E-state index contributed by atoms with van der Waals surface area (Å²) < 4.78 is 2.17. The van der Waals surface area contributed by atoms with Gasteiger partial charge in [0.15, 0.2) is 0 Å². The molecule has 5 aromatic heterocycles. The van der Waals surface area contributed by atoms with E-state index in [2.05, 4.69) is 101 Å². The molecule has 0 amide bonds. The number of fused-ring (bicyclic) bond motifs is 5. The summed E-state index contributed by atoms with van der Waals surface area (Å²) in [7, 11) is 0. The Labute approximate surface area is 259 Å². The number of nitrogens with zero attached hydrogens (tertiary/aromatic N) is 5. The third-order valence-corrected chi connectivity index (χ3v) is 8.44. The van der Waals surface area contributed by atoms with Crippen molar-refractivity contribution in [3.05, 3.63) is 152 Å². The maximum atomic E-state index is 5.18. The van der Waals surface area contributed by atoms with Crippen molar-refractivity contribution in [2.75, 3.05) is 0 Å². The molecule has 0 fully saturated rings. The standard InChI is InChI=1S/C40H25N5/c1-3-13-28-26(11-1)25-27-12-2-4-14-29(27)39(28)35-20-8-18-32(43-35)31-16-7-17-33(42-31)34-19-9-23-38(44-34)45-36-21-6-5-15-30(36)40-37(45)22-10-24-41-40/h1-25H. The molecular weight excluding hydrogens is 550 g/mol. The van der Waals surface area contributed by atoms with Gasteiger partial charge in [-0.3, -0.25) is 9.55 Å². The molecule has 0 bridgehead atoms. The van der Waals surface area contributed by atoms with Crippen LogP contribution in [0.2, 0.25) is 0 Å². The van der Waals surface area contributed by atoms with E-state index in [1.165, 1.54) is 21.5 Å². The normalized spacial score (nSPS) is 11.6. The quantitative estimate of drug-likeness (QED) is 0.196. The van der Waals surface area contributed by atoms with Crippen LogP contribution in [0.25, 0.3) is 83.3 Å². The summed E-state index contributed by atoms with van der Waals surface area (Å²) >= 11 is 0. The van der Waals surface area contributed by atoms with Gasteiger partial charge < -0.3 is 0 Å². The van der Waals surface area contributed by atoms with Crippen molar-refractivity contribution >= 4 is 43.5 Å². The smallest absolute Gasteiger partial charge is 0.138 e. The van der Waals surface area contributed by atoms with Gasteiger partial charge in [-0.1, -0.05) is 84.9 Å². The number of hydrogen-bond donors (Lipinski definition) is 0. The molecule has 0 saturated heterocycles. The Morgan fingerprint density at radius 3 is 1.64 bits per heavy atom. The molecule has 0 N–H and O–H groups in total. The molecule has 0 unspecified atom stereocenters. The second kappa shape index (κ2) is 10.2. The van der Waals surface area contributed by atoms with Crippen LogP contribution in [0, 0.1) is 0 Å². The lowest BCUT2D eigenvalue weighted by molar-refractivity contribution is 1.07. The third kappa shape index (κ3) is 4.17. The fourth-order valence-corrected chi connectivity index (χ4v) is 6.45. The van der Waals surface area contributed by atoms with Gasteiger partial charge in [0.25, 0.3) is 0 Å². The van der Waals surface area contributed by atoms with E-state index in [1.54, 1.807) is 0 Å². The fourth-order valence-electron chi connectivity index (χ4n) is 6.45. The minimum absolute atomic E-state index is 0.788. The molecule has 9 aromatic rings. The van der Waals surface area contributed by atoms with Crippen LogP contribution in [0.4, 0.5) is 0 Å². The van der Waals surface area contributed by atoms with Gasteiger partial charge >= 0.3 is 0 Å². The molecule has 0 aliphatic carbocycles. The predicted molar refractivity (Wildman–Crippen MR) is 183 cm³/mol. The second-order valence-corrected chi connectivity index (χ2v) is 11.1. The van der Waals surface area contributed by atoms with E-state index in [9.17, 15) is 0 Å². The number of rotatable bonds is 4. The number of hydrogen-bond acceptors (Lipinski definition) is 4. The molecule has 0 aliphatic heterocycles. The molecule has 210 valence electrons. The third-order valence-electron chi connectivity index (χ3n) is 8.44. The van der Waals surface area contributed by atoms with Gasteiger partial charge in [-0.25, -0.2) is 15.0 Å². The first-order chi connectivity index (χ1) is 22.3. The molecule has 0 atom stereocenters. The van der Waals surface area contributed by atoms with Crippen molar-refractivity contribution in [2.45, 2.75) is 0 Å². The number of para-hydroxylation sites is 1. The second-order valence-electron chi connectivity index (χ2n) is 11.1. The summed E-state index contributed by atoms with van der Waals surface area (Å²) in [6.45, 7) is 0. The van der Waals surface area contributed by atoms with Crippen LogP contribution in [-0.4, -0.2) is 24.5 Å². The van der Waals surface area contributed by atoms with Crippen molar-refractivity contribution in [3.8, 4) is 39.9 Å². The summed E-state index contributed by atoms with van der Waals surface area (Å²) in [4.78, 5) is 20.0. The van der Waals surface area contributed by atoms with Crippen molar-refractivity contribution in [1.82, 2.24) is 24.5 Å². The zero-order valence-corrected chi connectivity index (χ0v) is 24.2. The molecule has 5 heteroatoms. The van der Waals surface area contributed by atoms with Gasteiger partial charge in [0.05, 0.1) is 45.0 Å². The molecule has 0 spiro atoms. The number of benzene rings is 4. The molecule has 0 radical (unpaired) electrons. The Bertz CT molecular complexity index is 2460. The predicted octanol–water partition coefficient (Wildman–Crippen LogP) is 9.67. The Morgan fingerprint density at radius 2 is 0.933 bits per heavy atom. The van der Waals surface area contributed by atoms with Gasteiger partial charge in [-0.05, 0) is 82.2 Å². The molecule has 0 aliphatic rings.